The molecule has 0 atom stereocenters. The fraction of sp³-hybridized carbons (Fsp3) is 0.167. The van der Waals surface area contributed by atoms with Gasteiger partial charge in [-0.15, -0.1) is 0 Å². The van der Waals surface area contributed by atoms with Crippen molar-refractivity contribution in [3.63, 3.8) is 0 Å². The standard InChI is InChI=1S/C36H32F2N6O4/c1-6-44(36(48)32-18(3)30(41-20(32)5)16-26-24-14-22(38)8-10-28(24)43-34(26)46)12-11-39-35(47)31-17(2)29(40-19(31)4)15-25-23-13-21(37)7-9-27(23)42-33(25)45/h7-16,40-41H,6H2,1-5H3,(H,39,47)(H,42,45)(H,43,46)/b12-11+,25-15?,26-16?. The first-order valence-corrected chi connectivity index (χ1v) is 15.2. The summed E-state index contributed by atoms with van der Waals surface area (Å²) in [4.78, 5) is 59.9. The molecule has 0 saturated carbocycles. The number of carbonyl (C=O) groups is 4. The van der Waals surface area contributed by atoms with Gasteiger partial charge in [0, 0.05) is 64.2 Å². The monoisotopic (exact) mass is 650 g/mol. The third-order valence-electron chi connectivity index (χ3n) is 8.57. The second-order valence-electron chi connectivity index (χ2n) is 11.6. The van der Waals surface area contributed by atoms with Crippen molar-refractivity contribution >= 4 is 58.3 Å². The number of nitrogens with zero attached hydrogens (tertiary/aromatic N) is 1. The molecular weight excluding hydrogens is 618 g/mol. The summed E-state index contributed by atoms with van der Waals surface area (Å²) in [6.07, 6.45) is 6.05. The average molecular weight is 651 g/mol. The average Bonchev–Trinajstić information content (AvgIpc) is 3.71. The molecule has 5 N–H and O–H groups in total. The number of nitrogens with one attached hydrogen (secondary N) is 5. The van der Waals surface area contributed by atoms with Crippen LogP contribution in [0.1, 0.15) is 72.7 Å². The van der Waals surface area contributed by atoms with Crippen LogP contribution in [-0.2, 0) is 9.59 Å². The van der Waals surface area contributed by atoms with Gasteiger partial charge in [-0.25, -0.2) is 8.78 Å². The fourth-order valence-electron chi connectivity index (χ4n) is 6.13. The summed E-state index contributed by atoms with van der Waals surface area (Å²) in [5.74, 6) is -2.43. The van der Waals surface area contributed by atoms with Gasteiger partial charge < -0.3 is 30.8 Å². The zero-order chi connectivity index (χ0) is 34.4. The molecule has 0 spiro atoms. The normalized spacial score (nSPS) is 15.2. The lowest BCUT2D eigenvalue weighted by molar-refractivity contribution is -0.111. The van der Waals surface area contributed by atoms with Crippen LogP contribution in [0.3, 0.4) is 0 Å². The lowest BCUT2D eigenvalue weighted by Crippen LogP contribution is -2.28. The van der Waals surface area contributed by atoms with Gasteiger partial charge in [0.1, 0.15) is 11.6 Å². The third-order valence-corrected chi connectivity index (χ3v) is 8.57. The van der Waals surface area contributed by atoms with Gasteiger partial charge in [0.15, 0.2) is 0 Å². The number of H-pyrrole nitrogens is 2. The van der Waals surface area contributed by atoms with Gasteiger partial charge in [-0.2, -0.15) is 0 Å². The van der Waals surface area contributed by atoms with Crippen molar-refractivity contribution in [1.29, 1.82) is 0 Å². The Balaban J connectivity index is 1.19. The van der Waals surface area contributed by atoms with Crippen LogP contribution in [0.15, 0.2) is 48.8 Å². The van der Waals surface area contributed by atoms with Gasteiger partial charge in [-0.05, 0) is 94.3 Å². The van der Waals surface area contributed by atoms with Crippen molar-refractivity contribution < 1.29 is 28.0 Å². The highest BCUT2D eigenvalue weighted by molar-refractivity contribution is 6.35. The van der Waals surface area contributed by atoms with Crippen LogP contribution >= 0.6 is 0 Å². The predicted molar refractivity (Wildman–Crippen MR) is 180 cm³/mol. The Morgan fingerprint density at radius 1 is 0.771 bits per heavy atom. The molecule has 2 aliphatic heterocycles. The van der Waals surface area contributed by atoms with Gasteiger partial charge in [-0.1, -0.05) is 0 Å². The number of halogens is 2. The minimum Gasteiger partial charge on any atom is -0.358 e. The molecule has 0 unspecified atom stereocenters. The van der Waals surface area contributed by atoms with Crippen LogP contribution in [0.25, 0.3) is 23.3 Å². The van der Waals surface area contributed by atoms with Crippen molar-refractivity contribution in [3.05, 3.63) is 117 Å². The third kappa shape index (κ3) is 5.61. The smallest absolute Gasteiger partial charge is 0.259 e. The van der Waals surface area contributed by atoms with Crippen LogP contribution in [0.2, 0.25) is 0 Å². The number of amides is 4. The molecule has 0 radical (unpaired) electrons. The number of aromatic nitrogens is 2. The van der Waals surface area contributed by atoms with Gasteiger partial charge in [0.05, 0.1) is 22.3 Å². The van der Waals surface area contributed by atoms with E-state index in [2.05, 4.69) is 25.9 Å². The van der Waals surface area contributed by atoms with E-state index in [4.69, 9.17) is 0 Å². The van der Waals surface area contributed by atoms with Gasteiger partial charge in [0.2, 0.25) is 0 Å². The number of hydrogen-bond acceptors (Lipinski definition) is 4. The topological polar surface area (TPSA) is 139 Å². The molecular formula is C36H32F2N6O4. The van der Waals surface area contributed by atoms with Crippen LogP contribution in [0.4, 0.5) is 20.2 Å². The molecule has 12 heteroatoms. The van der Waals surface area contributed by atoms with Crippen LogP contribution in [0.5, 0.6) is 0 Å². The molecule has 48 heavy (non-hydrogen) atoms. The molecule has 4 heterocycles. The van der Waals surface area contributed by atoms with E-state index in [-0.39, 0.29) is 28.9 Å². The Bertz CT molecular complexity index is 2150. The number of anilines is 2. The number of fused-ring (bicyclic) bond motifs is 2. The van der Waals surface area contributed by atoms with Crippen molar-refractivity contribution in [1.82, 2.24) is 20.2 Å². The second-order valence-corrected chi connectivity index (χ2v) is 11.6. The van der Waals surface area contributed by atoms with Gasteiger partial charge in [0.25, 0.3) is 23.6 Å². The van der Waals surface area contributed by atoms with Crippen molar-refractivity contribution in [2.24, 2.45) is 0 Å². The zero-order valence-electron chi connectivity index (χ0n) is 26.8. The number of aromatic amines is 2. The summed E-state index contributed by atoms with van der Waals surface area (Å²) in [5.41, 5.74) is 6.64. The minimum absolute atomic E-state index is 0.276. The fourth-order valence-corrected chi connectivity index (χ4v) is 6.13. The first-order chi connectivity index (χ1) is 22.9. The maximum Gasteiger partial charge on any atom is 0.259 e. The SMILES string of the molecule is CCN(/C=C/NC(=O)c1c(C)[nH]c(C=C2C(=O)Nc3ccc(F)cc32)c1C)C(=O)c1c(C)[nH]c(C=C2C(=O)Nc3ccc(F)cc32)c1C. The number of aryl methyl sites for hydroxylation is 2. The Morgan fingerprint density at radius 2 is 1.25 bits per heavy atom. The van der Waals surface area contributed by atoms with Crippen LogP contribution in [0, 0.1) is 39.3 Å². The summed E-state index contributed by atoms with van der Waals surface area (Å²) in [6.45, 7) is 9.07. The second kappa shape index (κ2) is 12.3. The number of carbonyl (C=O) groups excluding carboxylic acids is 4. The van der Waals surface area contributed by atoms with Crippen LogP contribution in [-0.4, -0.2) is 45.0 Å². The predicted octanol–water partition coefficient (Wildman–Crippen LogP) is 6.20. The van der Waals surface area contributed by atoms with E-state index in [1.165, 1.54) is 53.7 Å². The largest absolute Gasteiger partial charge is 0.358 e. The van der Waals surface area contributed by atoms with E-state index in [0.29, 0.717) is 74.1 Å². The highest BCUT2D eigenvalue weighted by atomic mass is 19.1. The molecule has 0 aliphatic carbocycles. The van der Waals surface area contributed by atoms with Gasteiger partial charge >= 0.3 is 0 Å². The summed E-state index contributed by atoms with van der Waals surface area (Å²) < 4.78 is 27.8. The molecule has 0 fully saturated rings. The maximum absolute atomic E-state index is 13.9. The quantitative estimate of drug-likeness (QED) is 0.152. The zero-order valence-corrected chi connectivity index (χ0v) is 26.8. The molecule has 0 bridgehead atoms. The first-order valence-electron chi connectivity index (χ1n) is 15.2. The Hall–Kier alpha value is -6.04. The molecule has 4 aromatic rings. The van der Waals surface area contributed by atoms with Gasteiger partial charge in [-0.3, -0.25) is 19.2 Å². The first kappa shape index (κ1) is 31.9. The maximum atomic E-state index is 13.9. The van der Waals surface area contributed by atoms with Crippen molar-refractivity contribution in [2.45, 2.75) is 34.6 Å². The summed E-state index contributed by atoms with van der Waals surface area (Å²) in [5, 5.41) is 8.15. The summed E-state index contributed by atoms with van der Waals surface area (Å²) in [6, 6.07) is 8.12. The van der Waals surface area contributed by atoms with E-state index in [1.54, 1.807) is 46.8 Å². The van der Waals surface area contributed by atoms with Crippen LogP contribution < -0.4 is 16.0 Å². The molecule has 10 nitrogen and oxygen atoms in total. The lowest BCUT2D eigenvalue weighted by atomic mass is 10.0. The van der Waals surface area contributed by atoms with E-state index < -0.39 is 17.5 Å². The number of rotatable bonds is 7. The van der Waals surface area contributed by atoms with E-state index in [1.807, 2.05) is 0 Å². The Kier molecular flexibility index (Phi) is 8.17. The van der Waals surface area contributed by atoms with E-state index >= 15 is 0 Å². The molecule has 2 aliphatic rings. The Labute approximate surface area is 274 Å². The number of hydrogen-bond donors (Lipinski definition) is 5. The lowest BCUT2D eigenvalue weighted by Gasteiger charge is -2.17. The number of benzene rings is 2. The summed E-state index contributed by atoms with van der Waals surface area (Å²) >= 11 is 0. The van der Waals surface area contributed by atoms with E-state index in [0.717, 1.165) is 0 Å². The molecule has 2 aromatic carbocycles. The molecule has 4 amide bonds. The molecule has 6 rings (SSSR count). The molecule has 2 aromatic heterocycles. The minimum atomic E-state index is -0.469. The summed E-state index contributed by atoms with van der Waals surface area (Å²) in [7, 11) is 0. The van der Waals surface area contributed by atoms with E-state index in [9.17, 15) is 28.0 Å². The Morgan fingerprint density at radius 3 is 1.75 bits per heavy atom. The molecule has 244 valence electrons. The van der Waals surface area contributed by atoms with Crippen molar-refractivity contribution in [3.8, 4) is 0 Å². The highest BCUT2D eigenvalue weighted by Gasteiger charge is 2.28. The van der Waals surface area contributed by atoms with Crippen molar-refractivity contribution in [2.75, 3.05) is 17.2 Å². The highest BCUT2D eigenvalue weighted by Crippen LogP contribution is 2.36. The molecule has 0 saturated heterocycles.